The maximum absolute atomic E-state index is 12.5. The number of nitrogens with zero attached hydrogens (tertiary/aromatic N) is 4. The molecule has 3 aromatic rings. The predicted molar refractivity (Wildman–Crippen MR) is 99.9 cm³/mol. The Morgan fingerprint density at radius 1 is 1.04 bits per heavy atom. The zero-order valence-corrected chi connectivity index (χ0v) is 15.8. The van der Waals surface area contributed by atoms with Crippen LogP contribution in [0.3, 0.4) is 0 Å². The normalized spacial score (nSPS) is 11.2. The molecule has 9 nitrogen and oxygen atoms in total. The molecule has 0 aliphatic heterocycles. The molecule has 0 aliphatic carbocycles. The van der Waals surface area contributed by atoms with E-state index in [0.717, 1.165) is 0 Å². The van der Waals surface area contributed by atoms with Crippen molar-refractivity contribution in [2.24, 2.45) is 7.05 Å². The molecule has 1 amide bonds. The maximum atomic E-state index is 12.5. The highest BCUT2D eigenvalue weighted by molar-refractivity contribution is 7.92. The number of aromatic nitrogens is 4. The smallest absolute Gasteiger partial charge is 0.273 e. The molecule has 0 spiro atoms. The summed E-state index contributed by atoms with van der Waals surface area (Å²) in [5.74, 6) is -0.326. The molecule has 0 atom stereocenters. The van der Waals surface area contributed by atoms with Gasteiger partial charge < -0.3 is 5.32 Å². The van der Waals surface area contributed by atoms with Crippen LogP contribution in [0.2, 0.25) is 0 Å². The standard InChI is InChI=1S/C17H18N6O3S/c1-11-10-12(2)20-17(19-11)22-27(25,26)14-6-4-13(5-7-14)21-16(24)15-8-9-18-23(15)3/h4-10H,1-3H3,(H,21,24)(H,19,20,22). The Bertz CT molecular complexity index is 1070. The molecule has 0 saturated carbocycles. The molecule has 3 rings (SSSR count). The van der Waals surface area contributed by atoms with Crippen LogP contribution in [0.25, 0.3) is 0 Å². The summed E-state index contributed by atoms with van der Waals surface area (Å²) in [6, 6.07) is 9.13. The maximum Gasteiger partial charge on any atom is 0.273 e. The summed E-state index contributed by atoms with van der Waals surface area (Å²) < 4.78 is 28.8. The summed E-state index contributed by atoms with van der Waals surface area (Å²) in [6.07, 6.45) is 1.52. The Labute approximate surface area is 156 Å². The Morgan fingerprint density at radius 3 is 2.22 bits per heavy atom. The van der Waals surface area contributed by atoms with E-state index in [1.807, 2.05) is 0 Å². The molecule has 0 unspecified atom stereocenters. The van der Waals surface area contributed by atoms with Crippen molar-refractivity contribution in [1.82, 2.24) is 19.7 Å². The van der Waals surface area contributed by atoms with Crippen LogP contribution in [-0.2, 0) is 17.1 Å². The number of rotatable bonds is 5. The molecule has 140 valence electrons. The van der Waals surface area contributed by atoms with Gasteiger partial charge in [0.2, 0.25) is 5.95 Å². The van der Waals surface area contributed by atoms with Gasteiger partial charge in [0.05, 0.1) is 4.90 Å². The first-order valence-corrected chi connectivity index (χ1v) is 9.47. The van der Waals surface area contributed by atoms with Crippen molar-refractivity contribution in [2.75, 3.05) is 10.0 Å². The Kier molecular flexibility index (Phi) is 4.91. The van der Waals surface area contributed by atoms with Crippen molar-refractivity contribution in [1.29, 1.82) is 0 Å². The van der Waals surface area contributed by atoms with E-state index in [9.17, 15) is 13.2 Å². The number of amides is 1. The van der Waals surface area contributed by atoms with E-state index in [2.05, 4.69) is 25.1 Å². The van der Waals surface area contributed by atoms with Crippen molar-refractivity contribution < 1.29 is 13.2 Å². The first-order valence-electron chi connectivity index (χ1n) is 7.99. The number of hydrogen-bond donors (Lipinski definition) is 2. The number of aryl methyl sites for hydroxylation is 3. The predicted octanol–water partition coefficient (Wildman–Crippen LogP) is 1.88. The minimum Gasteiger partial charge on any atom is -0.321 e. The summed E-state index contributed by atoms with van der Waals surface area (Å²) in [5, 5.41) is 6.62. The molecule has 0 bridgehead atoms. The van der Waals surface area contributed by atoms with Crippen LogP contribution < -0.4 is 10.0 Å². The topological polar surface area (TPSA) is 119 Å². The summed E-state index contributed by atoms with van der Waals surface area (Å²) in [4.78, 5) is 20.3. The first kappa shape index (κ1) is 18.5. The van der Waals surface area contributed by atoms with E-state index in [0.29, 0.717) is 22.8 Å². The van der Waals surface area contributed by atoms with Gasteiger partial charge in [0.25, 0.3) is 15.9 Å². The van der Waals surface area contributed by atoms with Crippen molar-refractivity contribution in [3.05, 3.63) is 59.7 Å². The fourth-order valence-corrected chi connectivity index (χ4v) is 3.40. The molecular formula is C17H18N6O3S. The van der Waals surface area contributed by atoms with Gasteiger partial charge in [0, 0.05) is 30.3 Å². The second-order valence-electron chi connectivity index (χ2n) is 5.90. The van der Waals surface area contributed by atoms with E-state index in [1.54, 1.807) is 33.0 Å². The molecule has 2 heterocycles. The van der Waals surface area contributed by atoms with Crippen molar-refractivity contribution >= 4 is 27.6 Å². The first-order chi connectivity index (χ1) is 12.7. The van der Waals surface area contributed by atoms with Crippen molar-refractivity contribution in [3.63, 3.8) is 0 Å². The van der Waals surface area contributed by atoms with E-state index >= 15 is 0 Å². The molecule has 0 radical (unpaired) electrons. The average Bonchev–Trinajstić information content (AvgIpc) is 3.00. The van der Waals surface area contributed by atoms with Gasteiger partial charge in [-0.3, -0.25) is 9.48 Å². The summed E-state index contributed by atoms with van der Waals surface area (Å²) in [5.41, 5.74) is 2.17. The van der Waals surface area contributed by atoms with Gasteiger partial charge in [-0.05, 0) is 50.2 Å². The minimum atomic E-state index is -3.84. The number of nitrogens with one attached hydrogen (secondary N) is 2. The molecule has 1 aromatic carbocycles. The highest BCUT2D eigenvalue weighted by Crippen LogP contribution is 2.17. The minimum absolute atomic E-state index is 0.0149. The number of carbonyl (C=O) groups is 1. The molecule has 2 aromatic heterocycles. The summed E-state index contributed by atoms with van der Waals surface area (Å²) in [6.45, 7) is 3.51. The fourth-order valence-electron chi connectivity index (χ4n) is 2.46. The van der Waals surface area contributed by atoms with Gasteiger partial charge in [-0.2, -0.15) is 5.10 Å². The molecule has 10 heteroatoms. The second kappa shape index (κ2) is 7.16. The summed E-state index contributed by atoms with van der Waals surface area (Å²) in [7, 11) is -2.19. The van der Waals surface area contributed by atoms with E-state index in [-0.39, 0.29) is 16.8 Å². The van der Waals surface area contributed by atoms with E-state index in [1.165, 1.54) is 35.1 Å². The quantitative estimate of drug-likeness (QED) is 0.691. The highest BCUT2D eigenvalue weighted by atomic mass is 32.2. The lowest BCUT2D eigenvalue weighted by atomic mass is 10.3. The Balaban J connectivity index is 1.75. The van der Waals surface area contributed by atoms with Gasteiger partial charge in [-0.25, -0.2) is 23.1 Å². The average molecular weight is 386 g/mol. The fraction of sp³-hybridized carbons (Fsp3) is 0.176. The molecule has 0 aliphatic rings. The lowest BCUT2D eigenvalue weighted by molar-refractivity contribution is 0.101. The molecule has 2 N–H and O–H groups in total. The zero-order chi connectivity index (χ0) is 19.6. The van der Waals surface area contributed by atoms with Crippen LogP contribution in [0.4, 0.5) is 11.6 Å². The molecule has 0 fully saturated rings. The van der Waals surface area contributed by atoms with Crippen LogP contribution in [0.15, 0.2) is 47.5 Å². The van der Waals surface area contributed by atoms with Crippen LogP contribution >= 0.6 is 0 Å². The second-order valence-corrected chi connectivity index (χ2v) is 7.58. The Morgan fingerprint density at radius 2 is 1.67 bits per heavy atom. The van der Waals surface area contributed by atoms with Crippen LogP contribution in [0.1, 0.15) is 21.9 Å². The third kappa shape index (κ3) is 4.29. The molecule has 27 heavy (non-hydrogen) atoms. The van der Waals surface area contributed by atoms with Crippen molar-refractivity contribution in [2.45, 2.75) is 18.7 Å². The number of benzene rings is 1. The van der Waals surface area contributed by atoms with Gasteiger partial charge in [-0.1, -0.05) is 0 Å². The SMILES string of the molecule is Cc1cc(C)nc(NS(=O)(=O)c2ccc(NC(=O)c3ccnn3C)cc2)n1. The third-order valence-electron chi connectivity index (χ3n) is 3.68. The van der Waals surface area contributed by atoms with Gasteiger partial charge in [0.1, 0.15) is 5.69 Å². The monoisotopic (exact) mass is 386 g/mol. The van der Waals surface area contributed by atoms with Crippen LogP contribution in [-0.4, -0.2) is 34.1 Å². The number of sulfonamides is 1. The van der Waals surface area contributed by atoms with Gasteiger partial charge >= 0.3 is 0 Å². The largest absolute Gasteiger partial charge is 0.321 e. The summed E-state index contributed by atoms with van der Waals surface area (Å²) >= 11 is 0. The van der Waals surface area contributed by atoms with Crippen LogP contribution in [0.5, 0.6) is 0 Å². The number of anilines is 2. The van der Waals surface area contributed by atoms with Gasteiger partial charge in [0.15, 0.2) is 0 Å². The number of hydrogen-bond acceptors (Lipinski definition) is 6. The zero-order valence-electron chi connectivity index (χ0n) is 15.0. The third-order valence-corrected chi connectivity index (χ3v) is 5.03. The van der Waals surface area contributed by atoms with E-state index in [4.69, 9.17) is 0 Å². The van der Waals surface area contributed by atoms with Crippen molar-refractivity contribution in [3.8, 4) is 0 Å². The Hall–Kier alpha value is -3.27. The highest BCUT2D eigenvalue weighted by Gasteiger charge is 2.17. The lowest BCUT2D eigenvalue weighted by Crippen LogP contribution is -2.17. The van der Waals surface area contributed by atoms with Crippen LogP contribution in [0, 0.1) is 13.8 Å². The van der Waals surface area contributed by atoms with E-state index < -0.39 is 10.0 Å². The molecule has 0 saturated heterocycles. The lowest BCUT2D eigenvalue weighted by Gasteiger charge is -2.09. The number of carbonyl (C=O) groups excluding carboxylic acids is 1. The molecular weight excluding hydrogens is 368 g/mol. The van der Waals surface area contributed by atoms with Gasteiger partial charge in [-0.15, -0.1) is 0 Å².